The minimum atomic E-state index is -0.221. The number of rotatable bonds is 1. The Bertz CT molecular complexity index is 444. The molecule has 0 aromatic rings. The fraction of sp³-hybridized carbons (Fsp3) is 1.00. The quantitative estimate of drug-likeness (QED) is 0.556. The third-order valence-corrected chi connectivity index (χ3v) is 8.15. The average molecular weight is 337 g/mol. The molecule has 0 heterocycles. The Labute approximate surface area is 152 Å². The summed E-state index contributed by atoms with van der Waals surface area (Å²) in [6.07, 6.45) is 8.77. The molecule has 2 rings (SSSR count). The highest BCUT2D eigenvalue weighted by Crippen LogP contribution is 2.68. The van der Waals surface area contributed by atoms with Gasteiger partial charge in [0.2, 0.25) is 0 Å². The number of aliphatic hydroxyl groups is 1. The van der Waals surface area contributed by atoms with Crippen LogP contribution in [0.25, 0.3) is 0 Å². The zero-order valence-corrected chi connectivity index (χ0v) is 18.1. The van der Waals surface area contributed by atoms with Crippen LogP contribution >= 0.6 is 0 Å². The van der Waals surface area contributed by atoms with Gasteiger partial charge < -0.3 is 5.11 Å². The van der Waals surface area contributed by atoms with Crippen LogP contribution in [0.4, 0.5) is 0 Å². The molecule has 3 unspecified atom stereocenters. The zero-order valence-electron chi connectivity index (χ0n) is 18.1. The first kappa shape index (κ1) is 20.3. The molecule has 2 aliphatic rings. The van der Waals surface area contributed by atoms with E-state index in [0.717, 1.165) is 6.42 Å². The van der Waals surface area contributed by atoms with E-state index in [4.69, 9.17) is 0 Å². The molecule has 2 saturated carbocycles. The standard InChI is InChI=1S/C23H44O/c1-19(2,3)22(9)15-21(7,8)16-23(18(22)24,20(4,5)6)17-13-11-10-12-14-17/h17-18,24H,10-16H2,1-9H3. The van der Waals surface area contributed by atoms with Crippen LogP contribution in [0.15, 0.2) is 0 Å². The molecule has 0 amide bonds. The third kappa shape index (κ3) is 3.08. The van der Waals surface area contributed by atoms with Gasteiger partial charge in [-0.05, 0) is 53.3 Å². The molecule has 2 fully saturated rings. The van der Waals surface area contributed by atoms with Gasteiger partial charge in [-0.2, -0.15) is 0 Å². The van der Waals surface area contributed by atoms with Crippen molar-refractivity contribution in [1.82, 2.24) is 0 Å². The molecule has 0 aromatic heterocycles. The summed E-state index contributed by atoms with van der Waals surface area (Å²) in [6.45, 7) is 21.5. The van der Waals surface area contributed by atoms with Crippen molar-refractivity contribution in [2.75, 3.05) is 0 Å². The van der Waals surface area contributed by atoms with Crippen molar-refractivity contribution < 1.29 is 5.11 Å². The van der Waals surface area contributed by atoms with Gasteiger partial charge in [0.15, 0.2) is 0 Å². The average Bonchev–Trinajstić information content (AvgIpc) is 2.41. The largest absolute Gasteiger partial charge is 0.392 e. The van der Waals surface area contributed by atoms with Crippen molar-refractivity contribution in [2.24, 2.45) is 33.0 Å². The molecule has 3 atom stereocenters. The maximum atomic E-state index is 12.0. The Kier molecular flexibility index (Phi) is 5.07. The van der Waals surface area contributed by atoms with Crippen molar-refractivity contribution in [3.63, 3.8) is 0 Å². The van der Waals surface area contributed by atoms with E-state index in [1.165, 1.54) is 38.5 Å². The van der Waals surface area contributed by atoms with Crippen molar-refractivity contribution >= 4 is 0 Å². The summed E-state index contributed by atoms with van der Waals surface area (Å²) >= 11 is 0. The van der Waals surface area contributed by atoms with Crippen molar-refractivity contribution in [2.45, 2.75) is 113 Å². The molecule has 1 heteroatoms. The third-order valence-electron chi connectivity index (χ3n) is 8.15. The zero-order chi connectivity index (χ0) is 18.6. The maximum absolute atomic E-state index is 12.0. The predicted octanol–water partition coefficient (Wildman–Crippen LogP) is 6.83. The lowest BCUT2D eigenvalue weighted by atomic mass is 9.39. The van der Waals surface area contributed by atoms with Gasteiger partial charge in [0.05, 0.1) is 6.10 Å². The highest BCUT2D eigenvalue weighted by atomic mass is 16.3. The van der Waals surface area contributed by atoms with Crippen LogP contribution in [0.3, 0.4) is 0 Å². The second-order valence-electron chi connectivity index (χ2n) is 12.2. The molecule has 0 saturated heterocycles. The molecule has 2 aliphatic carbocycles. The van der Waals surface area contributed by atoms with Crippen LogP contribution in [0.5, 0.6) is 0 Å². The minimum Gasteiger partial charge on any atom is -0.392 e. The molecular weight excluding hydrogens is 292 g/mol. The lowest BCUT2D eigenvalue weighted by Crippen LogP contribution is -2.65. The van der Waals surface area contributed by atoms with Gasteiger partial charge in [0.25, 0.3) is 0 Å². The number of aliphatic hydroxyl groups excluding tert-OH is 1. The van der Waals surface area contributed by atoms with Crippen molar-refractivity contribution in [3.05, 3.63) is 0 Å². The van der Waals surface area contributed by atoms with Gasteiger partial charge in [-0.25, -0.2) is 0 Å². The molecular formula is C23H44O. The Morgan fingerprint density at radius 1 is 0.750 bits per heavy atom. The molecule has 1 nitrogen and oxygen atoms in total. The number of hydrogen-bond acceptors (Lipinski definition) is 1. The Balaban J connectivity index is 2.63. The van der Waals surface area contributed by atoms with E-state index in [1.54, 1.807) is 0 Å². The Morgan fingerprint density at radius 2 is 1.25 bits per heavy atom. The van der Waals surface area contributed by atoms with E-state index in [9.17, 15) is 5.11 Å². The fourth-order valence-electron chi connectivity index (χ4n) is 6.56. The first-order chi connectivity index (χ1) is 10.7. The lowest BCUT2D eigenvalue weighted by molar-refractivity contribution is -0.238. The van der Waals surface area contributed by atoms with Gasteiger partial charge in [0.1, 0.15) is 0 Å². The molecule has 0 radical (unpaired) electrons. The van der Waals surface area contributed by atoms with E-state index in [0.29, 0.717) is 5.92 Å². The van der Waals surface area contributed by atoms with Crippen LogP contribution in [0.1, 0.15) is 107 Å². The summed E-state index contributed by atoms with van der Waals surface area (Å²) in [5.74, 6) is 0.669. The summed E-state index contributed by atoms with van der Waals surface area (Å²) < 4.78 is 0. The monoisotopic (exact) mass is 336 g/mol. The molecule has 1 N–H and O–H groups in total. The predicted molar refractivity (Wildman–Crippen MR) is 105 cm³/mol. The van der Waals surface area contributed by atoms with Gasteiger partial charge in [-0.15, -0.1) is 0 Å². The maximum Gasteiger partial charge on any atom is 0.0662 e. The van der Waals surface area contributed by atoms with Gasteiger partial charge in [-0.1, -0.05) is 81.6 Å². The summed E-state index contributed by atoms with van der Waals surface area (Å²) in [4.78, 5) is 0. The Hall–Kier alpha value is -0.0400. The molecule has 24 heavy (non-hydrogen) atoms. The van der Waals surface area contributed by atoms with Crippen molar-refractivity contribution in [3.8, 4) is 0 Å². The Morgan fingerprint density at radius 3 is 1.67 bits per heavy atom. The SMILES string of the molecule is CC1(C)CC(C)(C(C)(C)C)C(O)C(C2CCCCC2)(C(C)(C)C)C1. The smallest absolute Gasteiger partial charge is 0.0662 e. The topological polar surface area (TPSA) is 20.2 Å². The van der Waals surface area contributed by atoms with Crippen LogP contribution in [0.2, 0.25) is 0 Å². The second kappa shape index (κ2) is 6.00. The van der Waals surface area contributed by atoms with Crippen LogP contribution in [-0.2, 0) is 0 Å². The molecule has 0 spiro atoms. The molecule has 142 valence electrons. The fourth-order valence-corrected chi connectivity index (χ4v) is 6.56. The first-order valence-corrected chi connectivity index (χ1v) is 10.4. The van der Waals surface area contributed by atoms with Crippen molar-refractivity contribution in [1.29, 1.82) is 0 Å². The van der Waals surface area contributed by atoms with Crippen LogP contribution < -0.4 is 0 Å². The van der Waals surface area contributed by atoms with Gasteiger partial charge >= 0.3 is 0 Å². The lowest BCUT2D eigenvalue weighted by Gasteiger charge is -2.67. The summed E-state index contributed by atoms with van der Waals surface area (Å²) in [5.41, 5.74) is 0.497. The van der Waals surface area contributed by atoms with Crippen LogP contribution in [-0.4, -0.2) is 11.2 Å². The molecule has 0 aliphatic heterocycles. The second-order valence-corrected chi connectivity index (χ2v) is 12.2. The summed E-state index contributed by atoms with van der Waals surface area (Å²) in [7, 11) is 0. The highest BCUT2D eigenvalue weighted by molar-refractivity contribution is 5.14. The van der Waals surface area contributed by atoms with E-state index in [2.05, 4.69) is 62.3 Å². The summed E-state index contributed by atoms with van der Waals surface area (Å²) in [5, 5.41) is 12.0. The van der Waals surface area contributed by atoms with E-state index >= 15 is 0 Å². The van der Waals surface area contributed by atoms with Crippen LogP contribution in [0, 0.1) is 33.0 Å². The van der Waals surface area contributed by atoms with Gasteiger partial charge in [0, 0.05) is 5.41 Å². The highest BCUT2D eigenvalue weighted by Gasteiger charge is 2.65. The normalized spacial score (nSPS) is 39.0. The minimum absolute atomic E-state index is 0.0250. The van der Waals surface area contributed by atoms with E-state index in [-0.39, 0.29) is 33.2 Å². The summed E-state index contributed by atoms with van der Waals surface area (Å²) in [6, 6.07) is 0. The molecule has 0 aromatic carbocycles. The van der Waals surface area contributed by atoms with E-state index in [1.807, 2.05) is 0 Å². The molecule has 0 bridgehead atoms. The first-order valence-electron chi connectivity index (χ1n) is 10.4. The number of hydrogen-bond donors (Lipinski definition) is 1. The van der Waals surface area contributed by atoms with E-state index < -0.39 is 0 Å². The van der Waals surface area contributed by atoms with Gasteiger partial charge in [-0.3, -0.25) is 0 Å².